The highest BCUT2D eigenvalue weighted by molar-refractivity contribution is 8.09. The van der Waals surface area contributed by atoms with Gasteiger partial charge in [0.1, 0.15) is 17.9 Å². The maximum Gasteiger partial charge on any atom is 0.323 e. The highest BCUT2D eigenvalue weighted by atomic mass is 32.5. The summed E-state index contributed by atoms with van der Waals surface area (Å²) in [6.07, 6.45) is -1.58. The average Bonchev–Trinajstić information content (AvgIpc) is 3.06. The van der Waals surface area contributed by atoms with E-state index in [1.54, 1.807) is 52.0 Å². The normalized spacial score (nSPS) is 28.9. The first-order valence-corrected chi connectivity index (χ1v) is 13.9. The number of benzene rings is 1. The topological polar surface area (TPSA) is 139 Å². The molecule has 1 amide bonds. The summed E-state index contributed by atoms with van der Waals surface area (Å²) in [6, 6.07) is 8.03. The van der Waals surface area contributed by atoms with Crippen LogP contribution in [-0.4, -0.2) is 70.5 Å². The number of nitrogens with zero attached hydrogens (tertiary/aromatic N) is 1. The molecule has 0 spiro atoms. The number of esters is 1. The van der Waals surface area contributed by atoms with Crippen molar-refractivity contribution in [2.75, 3.05) is 6.61 Å². The predicted molar refractivity (Wildman–Crippen MR) is 130 cm³/mol. The Hall–Kier alpha value is -2.05. The van der Waals surface area contributed by atoms with Crippen LogP contribution in [0.2, 0.25) is 0 Å². The van der Waals surface area contributed by atoms with Gasteiger partial charge in [-0.25, -0.2) is 5.09 Å². The SMILES string of the molecule is CC(C)OC(=O)[C@@H](C)NP(=S)(OC[C@H]1O[C@@H](N2C=CC(=O)NC2O)[C@H](O)[C@@H]1C)Oc1ccccc1. The Balaban J connectivity index is 1.71. The van der Waals surface area contributed by atoms with E-state index in [0.717, 1.165) is 0 Å². The Morgan fingerprint density at radius 1 is 1.29 bits per heavy atom. The van der Waals surface area contributed by atoms with Gasteiger partial charge in [0.05, 0.1) is 18.8 Å². The zero-order valence-electron chi connectivity index (χ0n) is 19.9. The van der Waals surface area contributed by atoms with Gasteiger partial charge >= 0.3 is 12.6 Å². The van der Waals surface area contributed by atoms with Crippen LogP contribution in [0.15, 0.2) is 42.6 Å². The predicted octanol–water partition coefficient (Wildman–Crippen LogP) is 1.18. The van der Waals surface area contributed by atoms with Gasteiger partial charge in [-0.2, -0.15) is 0 Å². The molecule has 4 N–H and O–H groups in total. The van der Waals surface area contributed by atoms with E-state index in [2.05, 4.69) is 10.4 Å². The van der Waals surface area contributed by atoms with Gasteiger partial charge in [-0.1, -0.05) is 25.1 Å². The van der Waals surface area contributed by atoms with Crippen LogP contribution < -0.4 is 14.9 Å². The minimum absolute atomic E-state index is 0.0577. The van der Waals surface area contributed by atoms with Crippen LogP contribution in [0, 0.1) is 5.92 Å². The number of nitrogens with one attached hydrogen (secondary N) is 2. The number of para-hydroxylation sites is 1. The van der Waals surface area contributed by atoms with Gasteiger partial charge in [0, 0.05) is 18.2 Å². The molecule has 0 aromatic heterocycles. The van der Waals surface area contributed by atoms with E-state index in [4.69, 9.17) is 30.3 Å². The number of rotatable bonds is 10. The lowest BCUT2D eigenvalue weighted by atomic mass is 10.0. The van der Waals surface area contributed by atoms with Crippen LogP contribution in [0.3, 0.4) is 0 Å². The standard InChI is InChI=1S/C22H32N3O8PS/c1-13(2)31-21(28)15(4)24-34(35,33-16-8-6-5-7-9-16)30-12-17-14(3)19(27)20(32-17)25-11-10-18(26)23-22(25)29/h5-11,13-15,17,19-20,22,27,29H,12H2,1-4H3,(H,23,26)(H,24,35)/t14-,15-,17-,19-,20-,22?,34?/m1/s1. The van der Waals surface area contributed by atoms with Gasteiger partial charge in [-0.05, 0) is 44.7 Å². The smallest absolute Gasteiger partial charge is 0.323 e. The largest absolute Gasteiger partial charge is 0.462 e. The van der Waals surface area contributed by atoms with Crippen LogP contribution in [0.25, 0.3) is 0 Å². The van der Waals surface area contributed by atoms with Gasteiger partial charge in [-0.3, -0.25) is 9.59 Å². The van der Waals surface area contributed by atoms with E-state index in [9.17, 15) is 19.8 Å². The Kier molecular flexibility index (Phi) is 9.28. The summed E-state index contributed by atoms with van der Waals surface area (Å²) in [5.74, 6) is -0.891. The van der Waals surface area contributed by atoms with Crippen LogP contribution in [0.5, 0.6) is 5.75 Å². The first kappa shape index (κ1) is 27.5. The summed E-state index contributed by atoms with van der Waals surface area (Å²) in [5.41, 5.74) is 0. The Morgan fingerprint density at radius 2 is 1.97 bits per heavy atom. The number of amides is 1. The van der Waals surface area contributed by atoms with Gasteiger partial charge in [0.25, 0.3) is 0 Å². The second-order valence-electron chi connectivity index (χ2n) is 8.59. The average molecular weight is 530 g/mol. The van der Waals surface area contributed by atoms with E-state index in [0.29, 0.717) is 5.75 Å². The Morgan fingerprint density at radius 3 is 2.60 bits per heavy atom. The van der Waals surface area contributed by atoms with Crippen LogP contribution in [0.1, 0.15) is 27.7 Å². The van der Waals surface area contributed by atoms with Crippen molar-refractivity contribution in [2.24, 2.45) is 5.92 Å². The highest BCUT2D eigenvalue weighted by Gasteiger charge is 2.46. The van der Waals surface area contributed by atoms with Crippen molar-refractivity contribution in [2.45, 2.75) is 64.6 Å². The van der Waals surface area contributed by atoms with E-state index in [-0.39, 0.29) is 12.7 Å². The van der Waals surface area contributed by atoms with E-state index in [1.165, 1.54) is 17.2 Å². The van der Waals surface area contributed by atoms with Crippen molar-refractivity contribution in [3.63, 3.8) is 0 Å². The third-order valence-electron chi connectivity index (χ3n) is 5.41. The molecule has 2 aliphatic heterocycles. The lowest BCUT2D eigenvalue weighted by molar-refractivity contribution is -0.152. The summed E-state index contributed by atoms with van der Waals surface area (Å²) in [5, 5.41) is 26.2. The monoisotopic (exact) mass is 529 g/mol. The first-order chi connectivity index (χ1) is 16.5. The second-order valence-corrected chi connectivity index (χ2v) is 11.7. The summed E-state index contributed by atoms with van der Waals surface area (Å²) < 4.78 is 23.2. The molecule has 2 heterocycles. The quantitative estimate of drug-likeness (QED) is 0.257. The molecule has 3 rings (SSSR count). The molecule has 1 saturated heterocycles. The third-order valence-corrected chi connectivity index (χ3v) is 7.91. The molecule has 35 heavy (non-hydrogen) atoms. The molecule has 1 aromatic rings. The summed E-state index contributed by atoms with van der Waals surface area (Å²) in [7, 11) is 0. The minimum Gasteiger partial charge on any atom is -0.462 e. The molecule has 11 nitrogen and oxygen atoms in total. The van der Waals surface area contributed by atoms with Gasteiger partial charge in [0.2, 0.25) is 12.3 Å². The molecule has 1 aromatic carbocycles. The molecule has 2 aliphatic rings. The zero-order valence-corrected chi connectivity index (χ0v) is 21.6. The van der Waals surface area contributed by atoms with Crippen molar-refractivity contribution in [3.8, 4) is 5.75 Å². The number of hydrogen-bond acceptors (Lipinski definition) is 10. The number of aliphatic hydroxyl groups is 2. The van der Waals surface area contributed by atoms with Crippen molar-refractivity contribution in [3.05, 3.63) is 42.6 Å². The lowest BCUT2D eigenvalue weighted by Crippen LogP contribution is -2.55. The van der Waals surface area contributed by atoms with Crippen molar-refractivity contribution in [1.82, 2.24) is 15.3 Å². The van der Waals surface area contributed by atoms with Crippen LogP contribution >= 0.6 is 6.64 Å². The molecule has 7 atom stereocenters. The molecule has 13 heteroatoms. The van der Waals surface area contributed by atoms with Crippen LogP contribution in [0.4, 0.5) is 0 Å². The van der Waals surface area contributed by atoms with Gasteiger partial charge in [0.15, 0.2) is 6.23 Å². The number of carbonyl (C=O) groups is 2. The highest BCUT2D eigenvalue weighted by Crippen LogP contribution is 2.46. The zero-order chi connectivity index (χ0) is 25.8. The molecule has 0 radical (unpaired) electrons. The molecule has 194 valence electrons. The Bertz CT molecular complexity index is 965. The van der Waals surface area contributed by atoms with Gasteiger partial charge in [-0.15, -0.1) is 0 Å². The van der Waals surface area contributed by atoms with Crippen molar-refractivity contribution in [1.29, 1.82) is 0 Å². The molecule has 1 fully saturated rings. The molecule has 2 unspecified atom stereocenters. The van der Waals surface area contributed by atoms with E-state index >= 15 is 0 Å². The fourth-order valence-electron chi connectivity index (χ4n) is 3.52. The molecular formula is C22H32N3O8PS. The third kappa shape index (κ3) is 7.23. The fraction of sp³-hybridized carbons (Fsp3) is 0.545. The van der Waals surface area contributed by atoms with Gasteiger partial charge < -0.3 is 39.0 Å². The number of carbonyl (C=O) groups excluding carboxylic acids is 2. The van der Waals surface area contributed by atoms with Crippen molar-refractivity contribution >= 4 is 30.3 Å². The van der Waals surface area contributed by atoms with Crippen molar-refractivity contribution < 1.29 is 38.3 Å². The first-order valence-electron chi connectivity index (χ1n) is 11.2. The maximum atomic E-state index is 12.4. The Labute approximate surface area is 209 Å². The molecule has 0 saturated carbocycles. The lowest BCUT2D eigenvalue weighted by Gasteiger charge is -2.35. The van der Waals surface area contributed by atoms with E-state index in [1.807, 2.05) is 6.07 Å². The number of hydrogen-bond donors (Lipinski definition) is 4. The second kappa shape index (κ2) is 11.8. The molecule has 0 bridgehead atoms. The number of aliphatic hydroxyl groups excluding tert-OH is 2. The van der Waals surface area contributed by atoms with Crippen LogP contribution in [-0.2, 0) is 35.4 Å². The molecule has 0 aliphatic carbocycles. The molecular weight excluding hydrogens is 497 g/mol. The fourth-order valence-corrected chi connectivity index (χ4v) is 5.93. The number of ether oxygens (including phenoxy) is 2. The summed E-state index contributed by atoms with van der Waals surface area (Å²) in [4.78, 5) is 25.1. The summed E-state index contributed by atoms with van der Waals surface area (Å²) in [6.45, 7) is 3.54. The minimum atomic E-state index is -3.28. The van der Waals surface area contributed by atoms with E-state index < -0.39 is 55.3 Å². The summed E-state index contributed by atoms with van der Waals surface area (Å²) >= 11 is 5.70. The maximum absolute atomic E-state index is 12.4.